The van der Waals surface area contributed by atoms with E-state index < -0.39 is 10.0 Å². The normalized spacial score (nSPS) is 19.6. The van der Waals surface area contributed by atoms with Crippen LogP contribution in [-0.2, 0) is 19.5 Å². The molecule has 0 saturated carbocycles. The van der Waals surface area contributed by atoms with Gasteiger partial charge >= 0.3 is 0 Å². The maximum atomic E-state index is 13.0. The second-order valence-corrected chi connectivity index (χ2v) is 9.90. The van der Waals surface area contributed by atoms with Crippen LogP contribution in [0.2, 0.25) is 5.02 Å². The molecule has 10 heteroatoms. The van der Waals surface area contributed by atoms with E-state index in [2.05, 4.69) is 5.32 Å². The zero-order valence-electron chi connectivity index (χ0n) is 17.5. The number of hydrogen-bond donors (Lipinski definition) is 1. The monoisotopic (exact) mass is 480 g/mol. The molecule has 0 spiro atoms. The predicted molar refractivity (Wildman–Crippen MR) is 120 cm³/mol. The Balaban J connectivity index is 1.42. The van der Waals surface area contributed by atoms with Crippen molar-refractivity contribution in [2.75, 3.05) is 44.8 Å². The average molecular weight is 481 g/mol. The van der Waals surface area contributed by atoms with Crippen LogP contribution in [0.1, 0.15) is 23.2 Å². The lowest BCUT2D eigenvalue weighted by Gasteiger charge is -2.26. The summed E-state index contributed by atoms with van der Waals surface area (Å²) in [4.78, 5) is 12.6. The summed E-state index contributed by atoms with van der Waals surface area (Å²) in [5.74, 6) is 0.287. The lowest BCUT2D eigenvalue weighted by molar-refractivity contribution is 0.0679. The standard InChI is InChI=1S/C22H25ClN2O6S/c23-20-8-5-17(14-21(20)32(27,28)25-9-12-29-13-10-25)24-22(26)16-3-6-18(7-4-16)31-15-19-2-1-11-30-19/h3-8,14,19H,1-2,9-13,15H2,(H,24,26)/t19-/m1/s1. The molecule has 0 bridgehead atoms. The first-order chi connectivity index (χ1) is 15.4. The van der Waals surface area contributed by atoms with Crippen LogP contribution < -0.4 is 10.1 Å². The number of nitrogens with zero attached hydrogens (tertiary/aromatic N) is 1. The first-order valence-corrected chi connectivity index (χ1v) is 12.3. The van der Waals surface area contributed by atoms with Gasteiger partial charge in [-0.15, -0.1) is 0 Å². The third kappa shape index (κ3) is 5.41. The Morgan fingerprint density at radius 2 is 1.88 bits per heavy atom. The summed E-state index contributed by atoms with van der Waals surface area (Å²) < 4.78 is 43.7. The maximum Gasteiger partial charge on any atom is 0.255 e. The number of morpholine rings is 1. The van der Waals surface area contributed by atoms with Crippen LogP contribution in [0.5, 0.6) is 5.75 Å². The summed E-state index contributed by atoms with van der Waals surface area (Å²) in [5, 5.41) is 2.83. The third-order valence-electron chi connectivity index (χ3n) is 5.35. The second-order valence-electron chi connectivity index (χ2n) is 7.59. The Hall–Kier alpha value is -2.17. The minimum Gasteiger partial charge on any atom is -0.491 e. The van der Waals surface area contributed by atoms with Crippen molar-refractivity contribution in [1.82, 2.24) is 4.31 Å². The molecule has 1 amide bonds. The van der Waals surface area contributed by atoms with Gasteiger partial charge in [-0.05, 0) is 55.3 Å². The van der Waals surface area contributed by atoms with Crippen molar-refractivity contribution in [2.45, 2.75) is 23.8 Å². The molecule has 32 heavy (non-hydrogen) atoms. The molecule has 2 fully saturated rings. The highest BCUT2D eigenvalue weighted by molar-refractivity contribution is 7.89. The van der Waals surface area contributed by atoms with Gasteiger partial charge in [0.1, 0.15) is 17.3 Å². The van der Waals surface area contributed by atoms with Gasteiger partial charge in [0.2, 0.25) is 10.0 Å². The van der Waals surface area contributed by atoms with Gasteiger partial charge in [0.05, 0.1) is 24.3 Å². The summed E-state index contributed by atoms with van der Waals surface area (Å²) in [6.07, 6.45) is 2.16. The number of halogens is 1. The fourth-order valence-corrected chi connectivity index (χ4v) is 5.48. The van der Waals surface area contributed by atoms with Crippen LogP contribution >= 0.6 is 11.6 Å². The van der Waals surface area contributed by atoms with Gasteiger partial charge in [-0.25, -0.2) is 8.42 Å². The highest BCUT2D eigenvalue weighted by Crippen LogP contribution is 2.28. The van der Waals surface area contributed by atoms with E-state index in [0.29, 0.717) is 36.8 Å². The van der Waals surface area contributed by atoms with Gasteiger partial charge < -0.3 is 19.5 Å². The van der Waals surface area contributed by atoms with Gasteiger partial charge in [0, 0.05) is 30.9 Å². The quantitative estimate of drug-likeness (QED) is 0.654. The van der Waals surface area contributed by atoms with Crippen molar-refractivity contribution in [2.24, 2.45) is 0 Å². The molecular formula is C22H25ClN2O6S. The fourth-order valence-electron chi connectivity index (χ4n) is 3.58. The first kappa shape index (κ1) is 23.0. The molecule has 1 atom stereocenters. The van der Waals surface area contributed by atoms with Crippen LogP contribution in [0.3, 0.4) is 0 Å². The number of anilines is 1. The highest BCUT2D eigenvalue weighted by Gasteiger charge is 2.28. The Morgan fingerprint density at radius 1 is 1.12 bits per heavy atom. The van der Waals surface area contributed by atoms with Gasteiger partial charge in [-0.2, -0.15) is 4.31 Å². The number of carbonyl (C=O) groups is 1. The first-order valence-electron chi connectivity index (χ1n) is 10.5. The zero-order valence-corrected chi connectivity index (χ0v) is 19.0. The van der Waals surface area contributed by atoms with Gasteiger partial charge in [-0.1, -0.05) is 11.6 Å². The van der Waals surface area contributed by atoms with Gasteiger partial charge in [0.25, 0.3) is 5.91 Å². The van der Waals surface area contributed by atoms with Crippen LogP contribution in [0, 0.1) is 0 Å². The Morgan fingerprint density at radius 3 is 2.56 bits per heavy atom. The van der Waals surface area contributed by atoms with E-state index in [1.165, 1.54) is 16.4 Å². The molecule has 0 aliphatic carbocycles. The second kappa shape index (κ2) is 10.2. The molecule has 172 valence electrons. The van der Waals surface area contributed by atoms with E-state index in [4.69, 9.17) is 25.8 Å². The van der Waals surface area contributed by atoms with Crippen molar-refractivity contribution in [1.29, 1.82) is 0 Å². The van der Waals surface area contributed by atoms with Gasteiger partial charge in [0.15, 0.2) is 0 Å². The Labute approximate surface area is 192 Å². The highest BCUT2D eigenvalue weighted by atomic mass is 35.5. The van der Waals surface area contributed by atoms with E-state index >= 15 is 0 Å². The number of hydrogen-bond acceptors (Lipinski definition) is 6. The summed E-state index contributed by atoms with van der Waals surface area (Å²) in [6.45, 7) is 2.44. The van der Waals surface area contributed by atoms with Crippen molar-refractivity contribution in [3.63, 3.8) is 0 Å². The van der Waals surface area contributed by atoms with Crippen LogP contribution in [0.4, 0.5) is 5.69 Å². The molecule has 8 nitrogen and oxygen atoms in total. The predicted octanol–water partition coefficient (Wildman–Crippen LogP) is 3.17. The van der Waals surface area contributed by atoms with Crippen molar-refractivity contribution in [3.05, 3.63) is 53.1 Å². The number of amides is 1. The van der Waals surface area contributed by atoms with Gasteiger partial charge in [-0.3, -0.25) is 4.79 Å². The summed E-state index contributed by atoms with van der Waals surface area (Å²) in [7, 11) is -3.79. The van der Waals surface area contributed by atoms with Crippen LogP contribution in [-0.4, -0.2) is 64.3 Å². The molecule has 0 radical (unpaired) electrons. The molecule has 1 N–H and O–H groups in total. The number of ether oxygens (including phenoxy) is 3. The third-order valence-corrected chi connectivity index (χ3v) is 7.73. The van der Waals surface area contributed by atoms with Crippen LogP contribution in [0.25, 0.3) is 0 Å². The van der Waals surface area contributed by atoms with E-state index in [-0.39, 0.29) is 35.0 Å². The smallest absolute Gasteiger partial charge is 0.255 e. The van der Waals surface area contributed by atoms with E-state index in [1.54, 1.807) is 30.3 Å². The SMILES string of the molecule is O=C(Nc1ccc(Cl)c(S(=O)(=O)N2CCOCC2)c1)c1ccc(OC[C@H]2CCCO2)cc1. The molecule has 2 heterocycles. The van der Waals surface area contributed by atoms with Crippen molar-refractivity contribution in [3.8, 4) is 5.75 Å². The molecule has 2 aliphatic rings. The van der Waals surface area contributed by atoms with E-state index in [9.17, 15) is 13.2 Å². The average Bonchev–Trinajstić information content (AvgIpc) is 3.33. The topological polar surface area (TPSA) is 94.2 Å². The van der Waals surface area contributed by atoms with Crippen molar-refractivity contribution >= 4 is 33.2 Å². The molecule has 0 aromatic heterocycles. The lowest BCUT2D eigenvalue weighted by atomic mass is 10.2. The molecule has 0 unspecified atom stereocenters. The van der Waals surface area contributed by atoms with E-state index in [1.807, 2.05) is 0 Å². The Bertz CT molecular complexity index is 1050. The van der Waals surface area contributed by atoms with E-state index in [0.717, 1.165) is 19.4 Å². The maximum absolute atomic E-state index is 13.0. The molecule has 2 aliphatic heterocycles. The molecular weight excluding hydrogens is 456 g/mol. The minimum atomic E-state index is -3.79. The molecule has 2 saturated heterocycles. The minimum absolute atomic E-state index is 0.0447. The largest absolute Gasteiger partial charge is 0.491 e. The molecule has 2 aromatic rings. The number of benzene rings is 2. The lowest BCUT2D eigenvalue weighted by Crippen LogP contribution is -2.40. The number of sulfonamides is 1. The summed E-state index contributed by atoms with van der Waals surface area (Å²) >= 11 is 6.18. The Kier molecular flexibility index (Phi) is 7.32. The molecule has 2 aromatic carbocycles. The fraction of sp³-hybridized carbons (Fsp3) is 0.409. The number of carbonyl (C=O) groups excluding carboxylic acids is 1. The summed E-state index contributed by atoms with van der Waals surface area (Å²) in [5.41, 5.74) is 0.756. The van der Waals surface area contributed by atoms with Crippen LogP contribution in [0.15, 0.2) is 47.4 Å². The molecule has 4 rings (SSSR count). The number of nitrogens with one attached hydrogen (secondary N) is 1. The number of rotatable bonds is 7. The van der Waals surface area contributed by atoms with Crippen molar-refractivity contribution < 1.29 is 27.4 Å². The summed E-state index contributed by atoms with van der Waals surface area (Å²) in [6, 6.07) is 11.2. The zero-order chi connectivity index (χ0) is 22.6.